The van der Waals surface area contributed by atoms with E-state index in [0.717, 1.165) is 23.9 Å². The highest BCUT2D eigenvalue weighted by molar-refractivity contribution is 5.01. The van der Waals surface area contributed by atoms with Crippen molar-refractivity contribution in [2.75, 3.05) is 26.2 Å². The van der Waals surface area contributed by atoms with Crippen LogP contribution in [0.3, 0.4) is 0 Å². The second-order valence-corrected chi connectivity index (χ2v) is 6.86. The van der Waals surface area contributed by atoms with E-state index in [0.29, 0.717) is 0 Å². The van der Waals surface area contributed by atoms with Gasteiger partial charge >= 0.3 is 0 Å². The van der Waals surface area contributed by atoms with Crippen LogP contribution in [0.4, 0.5) is 0 Å². The van der Waals surface area contributed by atoms with E-state index >= 15 is 0 Å². The third kappa shape index (κ3) is 1.76. The number of rotatable bonds is 0. The van der Waals surface area contributed by atoms with Crippen molar-refractivity contribution in [2.45, 2.75) is 57.0 Å². The van der Waals surface area contributed by atoms with Crippen LogP contribution in [-0.4, -0.2) is 48.1 Å². The second-order valence-electron chi connectivity index (χ2n) is 6.86. The molecule has 4 aliphatic rings. The molecule has 0 amide bonds. The third-order valence-electron chi connectivity index (χ3n) is 6.00. The lowest BCUT2D eigenvalue weighted by molar-refractivity contribution is 0.0418. The number of hydrogen-bond acceptors (Lipinski definition) is 2. The molecule has 0 aromatic rings. The van der Waals surface area contributed by atoms with E-state index in [1.165, 1.54) is 71.1 Å². The van der Waals surface area contributed by atoms with Gasteiger partial charge in [0, 0.05) is 25.2 Å². The highest BCUT2D eigenvalue weighted by atomic mass is 15.2. The first-order valence-corrected chi connectivity index (χ1v) is 7.90. The Labute approximate surface area is 105 Å². The van der Waals surface area contributed by atoms with Crippen molar-refractivity contribution in [1.82, 2.24) is 9.80 Å². The van der Waals surface area contributed by atoms with E-state index in [1.807, 2.05) is 0 Å². The summed E-state index contributed by atoms with van der Waals surface area (Å²) in [6, 6.07) is 1.93. The minimum atomic E-state index is 0.964. The van der Waals surface area contributed by atoms with Crippen LogP contribution in [0.2, 0.25) is 0 Å². The second kappa shape index (κ2) is 4.24. The summed E-state index contributed by atoms with van der Waals surface area (Å²) < 4.78 is 0. The lowest BCUT2D eigenvalue weighted by Crippen LogP contribution is -2.51. The van der Waals surface area contributed by atoms with Gasteiger partial charge in [-0.25, -0.2) is 0 Å². The Bertz CT molecular complexity index is 289. The van der Waals surface area contributed by atoms with Crippen molar-refractivity contribution in [1.29, 1.82) is 0 Å². The maximum absolute atomic E-state index is 2.85. The molecule has 0 radical (unpaired) electrons. The summed E-state index contributed by atoms with van der Waals surface area (Å²) in [7, 11) is 0. The minimum Gasteiger partial charge on any atom is -0.300 e. The molecule has 4 fully saturated rings. The first-order chi connectivity index (χ1) is 8.42. The van der Waals surface area contributed by atoms with Crippen molar-refractivity contribution >= 4 is 0 Å². The molecular formula is C15H26N2. The first kappa shape index (κ1) is 10.8. The molecule has 4 saturated heterocycles. The Hall–Kier alpha value is -0.0800. The molecule has 0 N–H and O–H groups in total. The molecule has 4 heterocycles. The summed E-state index contributed by atoms with van der Waals surface area (Å²) in [4.78, 5) is 5.69. The van der Waals surface area contributed by atoms with E-state index in [-0.39, 0.29) is 0 Å². The fraction of sp³-hybridized carbons (Fsp3) is 1.00. The van der Waals surface area contributed by atoms with E-state index < -0.39 is 0 Å². The van der Waals surface area contributed by atoms with Gasteiger partial charge in [0.15, 0.2) is 0 Å². The molecule has 4 atom stereocenters. The molecular weight excluding hydrogens is 208 g/mol. The Morgan fingerprint density at radius 3 is 2.53 bits per heavy atom. The van der Waals surface area contributed by atoms with Crippen molar-refractivity contribution in [2.24, 2.45) is 11.8 Å². The Kier molecular flexibility index (Phi) is 2.69. The van der Waals surface area contributed by atoms with Crippen molar-refractivity contribution < 1.29 is 0 Å². The van der Waals surface area contributed by atoms with Crippen molar-refractivity contribution in [3.63, 3.8) is 0 Å². The molecule has 96 valence electrons. The smallest absolute Gasteiger partial charge is 0.0139 e. The zero-order valence-electron chi connectivity index (χ0n) is 11.0. The fourth-order valence-electron chi connectivity index (χ4n) is 5.19. The zero-order chi connectivity index (χ0) is 11.2. The molecule has 0 saturated carbocycles. The van der Waals surface area contributed by atoms with Gasteiger partial charge in [0.2, 0.25) is 0 Å². The van der Waals surface area contributed by atoms with Gasteiger partial charge in [-0.1, -0.05) is 12.8 Å². The number of fused-ring (bicyclic) bond motifs is 4. The van der Waals surface area contributed by atoms with Gasteiger partial charge in [-0.2, -0.15) is 0 Å². The Morgan fingerprint density at radius 2 is 1.59 bits per heavy atom. The van der Waals surface area contributed by atoms with Gasteiger partial charge in [0.05, 0.1) is 0 Å². The standard InChI is InChI=1S/C15H26N2/c1-3-7-16-11-14-12(9-13(16)5-1)10-17-8-4-2-6-15(14)17/h12-15H,1-11H2/t12-,13-,14-,15-/m1/s1. The topological polar surface area (TPSA) is 6.48 Å². The van der Waals surface area contributed by atoms with Gasteiger partial charge in [-0.3, -0.25) is 4.90 Å². The number of nitrogens with zero attached hydrogens (tertiary/aromatic N) is 2. The first-order valence-electron chi connectivity index (χ1n) is 7.90. The summed E-state index contributed by atoms with van der Waals surface area (Å²) in [6.45, 7) is 5.69. The van der Waals surface area contributed by atoms with Crippen LogP contribution in [0.15, 0.2) is 0 Å². The maximum Gasteiger partial charge on any atom is 0.0139 e. The average molecular weight is 234 g/mol. The Balaban J connectivity index is 1.52. The zero-order valence-corrected chi connectivity index (χ0v) is 11.0. The van der Waals surface area contributed by atoms with Crippen LogP contribution in [0.5, 0.6) is 0 Å². The quantitative estimate of drug-likeness (QED) is 0.635. The molecule has 0 bridgehead atoms. The summed E-state index contributed by atoms with van der Waals surface area (Å²) in [5.74, 6) is 2.09. The molecule has 4 rings (SSSR count). The summed E-state index contributed by atoms with van der Waals surface area (Å²) in [5, 5.41) is 0. The van der Waals surface area contributed by atoms with Crippen LogP contribution >= 0.6 is 0 Å². The van der Waals surface area contributed by atoms with E-state index in [1.54, 1.807) is 0 Å². The SMILES string of the molecule is C1CCN2C[C@@H]3[C@H](C[C@H]2C1)CN1CCCC[C@H]31. The van der Waals surface area contributed by atoms with Crippen molar-refractivity contribution in [3.05, 3.63) is 0 Å². The summed E-state index contributed by atoms with van der Waals surface area (Å²) in [5.41, 5.74) is 0. The summed E-state index contributed by atoms with van der Waals surface area (Å²) >= 11 is 0. The van der Waals surface area contributed by atoms with E-state index in [2.05, 4.69) is 9.80 Å². The van der Waals surface area contributed by atoms with Crippen molar-refractivity contribution in [3.8, 4) is 0 Å². The maximum atomic E-state index is 2.85. The van der Waals surface area contributed by atoms with E-state index in [4.69, 9.17) is 0 Å². The molecule has 0 aromatic heterocycles. The van der Waals surface area contributed by atoms with Crippen LogP contribution in [-0.2, 0) is 0 Å². The molecule has 17 heavy (non-hydrogen) atoms. The molecule has 0 unspecified atom stereocenters. The predicted molar refractivity (Wildman–Crippen MR) is 70.0 cm³/mol. The average Bonchev–Trinajstić information content (AvgIpc) is 2.73. The Morgan fingerprint density at radius 1 is 0.765 bits per heavy atom. The molecule has 4 aliphatic heterocycles. The van der Waals surface area contributed by atoms with E-state index in [9.17, 15) is 0 Å². The van der Waals surface area contributed by atoms with Gasteiger partial charge < -0.3 is 4.90 Å². The summed E-state index contributed by atoms with van der Waals surface area (Å²) in [6.07, 6.45) is 10.4. The number of piperidine rings is 3. The molecule has 2 nitrogen and oxygen atoms in total. The van der Waals surface area contributed by atoms with Crippen LogP contribution in [0.1, 0.15) is 44.9 Å². The fourth-order valence-corrected chi connectivity index (χ4v) is 5.19. The molecule has 0 aromatic carbocycles. The van der Waals surface area contributed by atoms with Gasteiger partial charge in [-0.15, -0.1) is 0 Å². The highest BCUT2D eigenvalue weighted by Gasteiger charge is 2.47. The lowest BCUT2D eigenvalue weighted by Gasteiger charge is -2.45. The predicted octanol–water partition coefficient (Wildman–Crippen LogP) is 2.35. The minimum absolute atomic E-state index is 0.964. The van der Waals surface area contributed by atoms with Crippen LogP contribution in [0, 0.1) is 11.8 Å². The largest absolute Gasteiger partial charge is 0.300 e. The van der Waals surface area contributed by atoms with Gasteiger partial charge in [0.25, 0.3) is 0 Å². The normalized spacial score (nSPS) is 47.3. The molecule has 0 aliphatic carbocycles. The molecule has 2 heteroatoms. The highest BCUT2D eigenvalue weighted by Crippen LogP contribution is 2.43. The molecule has 0 spiro atoms. The van der Waals surface area contributed by atoms with Crippen LogP contribution in [0.25, 0.3) is 0 Å². The number of hydrogen-bond donors (Lipinski definition) is 0. The van der Waals surface area contributed by atoms with Gasteiger partial charge in [0.1, 0.15) is 0 Å². The van der Waals surface area contributed by atoms with Gasteiger partial charge in [-0.05, 0) is 57.0 Å². The lowest BCUT2D eigenvalue weighted by atomic mass is 9.77. The van der Waals surface area contributed by atoms with Crippen LogP contribution < -0.4 is 0 Å². The third-order valence-corrected chi connectivity index (χ3v) is 6.00. The monoisotopic (exact) mass is 234 g/mol.